The van der Waals surface area contributed by atoms with Gasteiger partial charge in [0.1, 0.15) is 0 Å². The van der Waals surface area contributed by atoms with Crippen molar-refractivity contribution in [2.75, 3.05) is 50.0 Å². The van der Waals surface area contributed by atoms with E-state index in [0.29, 0.717) is 19.1 Å². The van der Waals surface area contributed by atoms with Crippen molar-refractivity contribution in [2.45, 2.75) is 26.1 Å². The molecular weight excluding hydrogens is 308 g/mol. The summed E-state index contributed by atoms with van der Waals surface area (Å²) in [6.07, 6.45) is -0.343. The van der Waals surface area contributed by atoms with Crippen molar-refractivity contribution in [3.63, 3.8) is 0 Å². The molecule has 0 saturated carbocycles. The zero-order chi connectivity index (χ0) is 16.1. The van der Waals surface area contributed by atoms with E-state index >= 15 is 0 Å². The highest BCUT2D eigenvalue weighted by Gasteiger charge is 2.21. The lowest BCUT2D eigenvalue weighted by molar-refractivity contribution is -0.00902. The Labute approximate surface area is 135 Å². The molecule has 0 aliphatic carbocycles. The first-order valence-corrected chi connectivity index (χ1v) is 7.76. The van der Waals surface area contributed by atoms with Gasteiger partial charge in [-0.3, -0.25) is 4.90 Å². The number of piperazine rings is 1. The van der Waals surface area contributed by atoms with E-state index in [0.717, 1.165) is 26.2 Å². The number of nitrogen functional groups attached to an aromatic ring is 1. The van der Waals surface area contributed by atoms with Crippen LogP contribution in [0.4, 0.5) is 11.8 Å². The van der Waals surface area contributed by atoms with E-state index in [2.05, 4.69) is 20.1 Å². The van der Waals surface area contributed by atoms with Crippen LogP contribution in [0.15, 0.2) is 0 Å². The summed E-state index contributed by atoms with van der Waals surface area (Å²) in [6, 6.07) is 0. The molecule has 1 aromatic heterocycles. The summed E-state index contributed by atoms with van der Waals surface area (Å²) < 4.78 is 5.42. The van der Waals surface area contributed by atoms with Gasteiger partial charge in [0.2, 0.25) is 5.95 Å². The quantitative estimate of drug-likeness (QED) is 0.752. The molecule has 0 unspecified atom stereocenters. The number of hydrogen-bond acceptors (Lipinski definition) is 8. The molecule has 1 saturated heterocycles. The van der Waals surface area contributed by atoms with Crippen LogP contribution in [0.3, 0.4) is 0 Å². The first-order chi connectivity index (χ1) is 10.5. The Bertz CT molecular complexity index is 482. The number of β-amino-alcohol motifs (C(OH)–C–C–N with tert-alkyl or cyclic N) is 1. The summed E-state index contributed by atoms with van der Waals surface area (Å²) in [6.45, 7) is 7.99. The third-order valence-corrected chi connectivity index (χ3v) is 3.67. The average Bonchev–Trinajstić information content (AvgIpc) is 2.49. The molecule has 0 radical (unpaired) electrons. The standard InChI is InChI=1S/C13H23ClN6O2/c1-9(2)22-8-10(21)7-19-3-5-20(6-4-19)13-16-12(15)11(14)17-18-13/h9-10,21H,3-8H2,1-2H3,(H2,15,16,18)/t10-/m1/s1. The van der Waals surface area contributed by atoms with Crippen LogP contribution in [0, 0.1) is 0 Å². The molecule has 2 rings (SSSR count). The maximum Gasteiger partial charge on any atom is 0.247 e. The predicted octanol–water partition coefficient (Wildman–Crippen LogP) is 0.0151. The van der Waals surface area contributed by atoms with E-state index < -0.39 is 6.10 Å². The van der Waals surface area contributed by atoms with E-state index in [1.807, 2.05) is 18.7 Å². The van der Waals surface area contributed by atoms with Crippen molar-refractivity contribution >= 4 is 23.4 Å². The van der Waals surface area contributed by atoms with Gasteiger partial charge in [0.25, 0.3) is 0 Å². The molecule has 0 aromatic carbocycles. The Morgan fingerprint density at radius 1 is 1.27 bits per heavy atom. The van der Waals surface area contributed by atoms with Crippen molar-refractivity contribution in [1.82, 2.24) is 20.1 Å². The third-order valence-electron chi connectivity index (χ3n) is 3.41. The van der Waals surface area contributed by atoms with Gasteiger partial charge >= 0.3 is 0 Å². The number of rotatable bonds is 6. The molecule has 8 nitrogen and oxygen atoms in total. The first-order valence-electron chi connectivity index (χ1n) is 7.38. The van der Waals surface area contributed by atoms with Gasteiger partial charge < -0.3 is 20.5 Å². The SMILES string of the molecule is CC(C)OC[C@H](O)CN1CCN(c2nnc(Cl)c(N)n2)CC1. The second kappa shape index (κ2) is 7.87. The monoisotopic (exact) mass is 330 g/mol. The van der Waals surface area contributed by atoms with Gasteiger partial charge in [-0.05, 0) is 13.8 Å². The van der Waals surface area contributed by atoms with Gasteiger partial charge in [0.05, 0.1) is 18.8 Å². The van der Waals surface area contributed by atoms with E-state index in [4.69, 9.17) is 22.1 Å². The fourth-order valence-electron chi connectivity index (χ4n) is 2.23. The van der Waals surface area contributed by atoms with E-state index in [9.17, 15) is 5.11 Å². The number of aromatic nitrogens is 3. The van der Waals surface area contributed by atoms with Crippen molar-refractivity contribution in [3.8, 4) is 0 Å². The van der Waals surface area contributed by atoms with Crippen LogP contribution in [0.1, 0.15) is 13.8 Å². The average molecular weight is 331 g/mol. The molecule has 1 atom stereocenters. The number of aliphatic hydroxyl groups is 1. The van der Waals surface area contributed by atoms with E-state index in [1.54, 1.807) is 0 Å². The second-order valence-electron chi connectivity index (χ2n) is 5.61. The van der Waals surface area contributed by atoms with Gasteiger partial charge in [0.15, 0.2) is 11.0 Å². The largest absolute Gasteiger partial charge is 0.389 e. The van der Waals surface area contributed by atoms with Crippen molar-refractivity contribution in [2.24, 2.45) is 0 Å². The number of ether oxygens (including phenoxy) is 1. The number of nitrogens with two attached hydrogens (primary N) is 1. The first kappa shape index (κ1) is 17.1. The topological polar surface area (TPSA) is 101 Å². The van der Waals surface area contributed by atoms with Crippen molar-refractivity contribution in [3.05, 3.63) is 5.15 Å². The van der Waals surface area contributed by atoms with Gasteiger partial charge in [-0.25, -0.2) is 0 Å². The molecule has 9 heteroatoms. The molecule has 0 amide bonds. The number of nitrogens with zero attached hydrogens (tertiary/aromatic N) is 5. The summed E-state index contributed by atoms with van der Waals surface area (Å²) in [4.78, 5) is 8.34. The van der Waals surface area contributed by atoms with Gasteiger partial charge in [0, 0.05) is 32.7 Å². The smallest absolute Gasteiger partial charge is 0.247 e. The van der Waals surface area contributed by atoms with Crippen molar-refractivity contribution < 1.29 is 9.84 Å². The minimum absolute atomic E-state index is 0.121. The van der Waals surface area contributed by atoms with Crippen LogP contribution in [0.2, 0.25) is 5.15 Å². The van der Waals surface area contributed by atoms with Gasteiger partial charge in [-0.2, -0.15) is 4.98 Å². The molecule has 1 aliphatic rings. The minimum atomic E-state index is -0.474. The van der Waals surface area contributed by atoms with Crippen LogP contribution in [0.25, 0.3) is 0 Å². The molecule has 1 aromatic rings. The third kappa shape index (κ3) is 4.91. The molecule has 1 aliphatic heterocycles. The molecule has 1 fully saturated rings. The van der Waals surface area contributed by atoms with Crippen LogP contribution < -0.4 is 10.6 Å². The fraction of sp³-hybridized carbons (Fsp3) is 0.769. The second-order valence-corrected chi connectivity index (χ2v) is 5.97. The summed E-state index contributed by atoms with van der Waals surface area (Å²) in [7, 11) is 0. The summed E-state index contributed by atoms with van der Waals surface area (Å²) in [5, 5.41) is 17.8. The Hall–Kier alpha value is -1.22. The van der Waals surface area contributed by atoms with E-state index in [-0.39, 0.29) is 17.1 Å². The molecule has 22 heavy (non-hydrogen) atoms. The van der Waals surface area contributed by atoms with Crippen LogP contribution >= 0.6 is 11.6 Å². The number of aliphatic hydroxyl groups excluding tert-OH is 1. The van der Waals surface area contributed by atoms with Gasteiger partial charge in [-0.15, -0.1) is 10.2 Å². The molecule has 2 heterocycles. The normalized spacial score (nSPS) is 18.0. The highest BCUT2D eigenvalue weighted by Crippen LogP contribution is 2.16. The minimum Gasteiger partial charge on any atom is -0.389 e. The lowest BCUT2D eigenvalue weighted by Gasteiger charge is -2.35. The van der Waals surface area contributed by atoms with E-state index in [1.165, 1.54) is 0 Å². The Kier molecular flexibility index (Phi) is 6.13. The maximum atomic E-state index is 9.95. The molecule has 0 bridgehead atoms. The number of anilines is 2. The maximum absolute atomic E-state index is 9.95. The predicted molar refractivity (Wildman–Crippen MR) is 85.0 cm³/mol. The van der Waals surface area contributed by atoms with Gasteiger partial charge in [-0.1, -0.05) is 11.6 Å². The van der Waals surface area contributed by atoms with Crippen LogP contribution in [-0.4, -0.2) is 76.7 Å². The summed E-state index contributed by atoms with van der Waals surface area (Å²) in [5.41, 5.74) is 5.65. The summed E-state index contributed by atoms with van der Waals surface area (Å²) >= 11 is 5.72. The lowest BCUT2D eigenvalue weighted by Crippen LogP contribution is -2.49. The molecular formula is C13H23ClN6O2. The molecule has 124 valence electrons. The Morgan fingerprint density at radius 3 is 2.55 bits per heavy atom. The highest BCUT2D eigenvalue weighted by molar-refractivity contribution is 6.31. The molecule has 0 spiro atoms. The fourth-order valence-corrected chi connectivity index (χ4v) is 2.31. The lowest BCUT2D eigenvalue weighted by atomic mass is 10.2. The Balaban J connectivity index is 1.79. The molecule has 3 N–H and O–H groups in total. The number of hydrogen-bond donors (Lipinski definition) is 2. The van der Waals surface area contributed by atoms with Crippen LogP contribution in [0.5, 0.6) is 0 Å². The number of halogens is 1. The zero-order valence-electron chi connectivity index (χ0n) is 12.9. The van der Waals surface area contributed by atoms with Crippen molar-refractivity contribution in [1.29, 1.82) is 0 Å². The summed E-state index contributed by atoms with van der Waals surface area (Å²) in [5.74, 6) is 0.681. The Morgan fingerprint density at radius 2 is 1.95 bits per heavy atom. The van der Waals surface area contributed by atoms with Crippen LogP contribution in [-0.2, 0) is 4.74 Å². The highest BCUT2D eigenvalue weighted by atomic mass is 35.5. The zero-order valence-corrected chi connectivity index (χ0v) is 13.7.